The Labute approximate surface area is 112 Å². The van der Waals surface area contributed by atoms with Crippen LogP contribution in [0.5, 0.6) is 11.5 Å². The van der Waals surface area contributed by atoms with Gasteiger partial charge in [0.25, 0.3) is 5.69 Å². The van der Waals surface area contributed by atoms with Gasteiger partial charge in [0.05, 0.1) is 25.2 Å². The van der Waals surface area contributed by atoms with Crippen molar-refractivity contribution in [3.05, 3.63) is 28.3 Å². The van der Waals surface area contributed by atoms with Crippen LogP contribution >= 0.6 is 0 Å². The average molecular weight is 269 g/mol. The van der Waals surface area contributed by atoms with Crippen molar-refractivity contribution in [1.29, 1.82) is 0 Å². The fourth-order valence-electron chi connectivity index (χ4n) is 1.19. The topological polar surface area (TPSA) is 78.7 Å². The van der Waals surface area contributed by atoms with Crippen molar-refractivity contribution < 1.29 is 19.2 Å². The van der Waals surface area contributed by atoms with Crippen molar-refractivity contribution in [2.24, 2.45) is 0 Å². The highest BCUT2D eigenvalue weighted by molar-refractivity contribution is 5.77. The third-order valence-electron chi connectivity index (χ3n) is 2.37. The molecule has 0 amide bonds. The van der Waals surface area contributed by atoms with E-state index < -0.39 is 4.92 Å². The van der Waals surface area contributed by atoms with Gasteiger partial charge in [-0.3, -0.25) is 14.9 Å². The van der Waals surface area contributed by atoms with E-state index >= 15 is 0 Å². The molecule has 0 aliphatic rings. The zero-order chi connectivity index (χ0) is 14.8. The zero-order valence-electron chi connectivity index (χ0n) is 11.6. The number of nitrogens with zero attached hydrogens (tertiary/aromatic N) is 1. The number of ether oxygens (including phenoxy) is 2. The van der Waals surface area contributed by atoms with Gasteiger partial charge >= 0.3 is 0 Å². The summed E-state index contributed by atoms with van der Waals surface area (Å²) >= 11 is 0. The monoisotopic (exact) mass is 269 g/mol. The molecule has 6 heteroatoms. The van der Waals surface area contributed by atoms with Gasteiger partial charge in [-0.1, -0.05) is 13.8 Å². The molecular formula is C13H19NO5. The smallest absolute Gasteiger partial charge is 0.273 e. The van der Waals surface area contributed by atoms with Crippen LogP contribution in [0.25, 0.3) is 0 Å². The van der Waals surface area contributed by atoms with E-state index in [1.54, 1.807) is 0 Å². The summed E-state index contributed by atoms with van der Waals surface area (Å²) in [7, 11) is 2.91. The van der Waals surface area contributed by atoms with Gasteiger partial charge in [-0.05, 0) is 6.07 Å². The van der Waals surface area contributed by atoms with Gasteiger partial charge in [0, 0.05) is 18.9 Å². The molecule has 0 saturated carbocycles. The van der Waals surface area contributed by atoms with Crippen molar-refractivity contribution >= 4 is 11.5 Å². The number of rotatable bonds is 5. The fourth-order valence-corrected chi connectivity index (χ4v) is 1.19. The summed E-state index contributed by atoms with van der Waals surface area (Å²) in [6.07, 6.45) is 1.38. The van der Waals surface area contributed by atoms with Crippen LogP contribution in [0, 0.1) is 10.1 Å². The Morgan fingerprint density at radius 1 is 1.16 bits per heavy atom. The molecule has 106 valence electrons. The van der Waals surface area contributed by atoms with E-state index in [0.717, 1.165) is 0 Å². The lowest BCUT2D eigenvalue weighted by Crippen LogP contribution is -1.93. The maximum absolute atomic E-state index is 10.4. The molecule has 0 aromatic heterocycles. The van der Waals surface area contributed by atoms with Gasteiger partial charge < -0.3 is 9.47 Å². The summed E-state index contributed by atoms with van der Waals surface area (Å²) < 4.78 is 9.82. The number of ketones is 1. The van der Waals surface area contributed by atoms with Crippen LogP contribution in [0.4, 0.5) is 5.69 Å². The molecule has 0 atom stereocenters. The van der Waals surface area contributed by atoms with Gasteiger partial charge in [0.15, 0.2) is 11.5 Å². The first kappa shape index (κ1) is 16.9. The lowest BCUT2D eigenvalue weighted by molar-refractivity contribution is -0.384. The van der Waals surface area contributed by atoms with Crippen molar-refractivity contribution in [3.63, 3.8) is 0 Å². The Morgan fingerprint density at radius 3 is 2.00 bits per heavy atom. The lowest BCUT2D eigenvalue weighted by Gasteiger charge is -2.05. The highest BCUT2D eigenvalue weighted by Crippen LogP contribution is 2.30. The Bertz CT molecular complexity index is 425. The fraction of sp³-hybridized carbons (Fsp3) is 0.462. The number of nitro groups is 1. The minimum Gasteiger partial charge on any atom is -0.493 e. The molecule has 0 bridgehead atoms. The van der Waals surface area contributed by atoms with E-state index in [4.69, 9.17) is 9.47 Å². The number of carbonyl (C=O) groups is 1. The third kappa shape index (κ3) is 5.85. The predicted octanol–water partition coefficient (Wildman–Crippen LogP) is 2.99. The quantitative estimate of drug-likeness (QED) is 0.606. The highest BCUT2D eigenvalue weighted by Gasteiger charge is 2.10. The maximum Gasteiger partial charge on any atom is 0.273 e. The van der Waals surface area contributed by atoms with E-state index in [0.29, 0.717) is 30.1 Å². The molecule has 0 fully saturated rings. The molecule has 0 unspecified atom stereocenters. The summed E-state index contributed by atoms with van der Waals surface area (Å²) in [6, 6.07) is 4.18. The molecule has 0 aliphatic heterocycles. The Morgan fingerprint density at radius 2 is 1.68 bits per heavy atom. The van der Waals surface area contributed by atoms with Gasteiger partial charge in [-0.25, -0.2) is 0 Å². The van der Waals surface area contributed by atoms with Crippen LogP contribution in [0.15, 0.2) is 18.2 Å². The number of methoxy groups -OCH3 is 2. The number of benzene rings is 1. The summed E-state index contributed by atoms with van der Waals surface area (Å²) in [5, 5.41) is 10.4. The highest BCUT2D eigenvalue weighted by atomic mass is 16.6. The van der Waals surface area contributed by atoms with Crippen LogP contribution in [0.2, 0.25) is 0 Å². The minimum absolute atomic E-state index is 0.0161. The van der Waals surface area contributed by atoms with Gasteiger partial charge in [-0.15, -0.1) is 0 Å². The molecule has 19 heavy (non-hydrogen) atoms. The number of hydrogen-bond donors (Lipinski definition) is 0. The van der Waals surface area contributed by atoms with E-state index in [-0.39, 0.29) is 5.69 Å². The summed E-state index contributed by atoms with van der Waals surface area (Å²) in [6.45, 7) is 3.76. The summed E-state index contributed by atoms with van der Waals surface area (Å²) in [5.41, 5.74) is -0.0161. The van der Waals surface area contributed by atoms with Crippen LogP contribution in [-0.2, 0) is 4.79 Å². The second-order valence-electron chi connectivity index (χ2n) is 3.54. The predicted molar refractivity (Wildman–Crippen MR) is 71.8 cm³/mol. The van der Waals surface area contributed by atoms with Crippen LogP contribution in [-0.4, -0.2) is 24.9 Å². The first-order valence-electron chi connectivity index (χ1n) is 5.88. The Hall–Kier alpha value is -2.11. The molecule has 1 aromatic rings. The number of Topliss-reactive ketones (excluding diaryl/α,β-unsaturated/α-hetero) is 1. The maximum atomic E-state index is 10.4. The second kappa shape index (κ2) is 8.91. The van der Waals surface area contributed by atoms with Gasteiger partial charge in [0.1, 0.15) is 5.78 Å². The van der Waals surface area contributed by atoms with Gasteiger partial charge in [-0.2, -0.15) is 0 Å². The molecule has 0 saturated heterocycles. The minimum atomic E-state index is -0.484. The van der Waals surface area contributed by atoms with Crippen molar-refractivity contribution in [2.45, 2.75) is 26.7 Å². The SMILES string of the molecule is CCC(=O)CC.COc1ccc([N+](=O)[O-])cc1OC. The van der Waals surface area contributed by atoms with E-state index in [1.165, 1.54) is 32.4 Å². The molecule has 6 nitrogen and oxygen atoms in total. The molecule has 1 aromatic carbocycles. The third-order valence-corrected chi connectivity index (χ3v) is 2.37. The Balaban J connectivity index is 0.000000459. The van der Waals surface area contributed by atoms with E-state index in [1.807, 2.05) is 13.8 Å². The summed E-state index contributed by atoms with van der Waals surface area (Å²) in [5.74, 6) is 1.18. The summed E-state index contributed by atoms with van der Waals surface area (Å²) in [4.78, 5) is 20.1. The molecule has 0 radical (unpaired) electrons. The molecule has 0 spiro atoms. The van der Waals surface area contributed by atoms with Crippen LogP contribution in [0.1, 0.15) is 26.7 Å². The van der Waals surface area contributed by atoms with Crippen LogP contribution < -0.4 is 9.47 Å². The largest absolute Gasteiger partial charge is 0.493 e. The normalized spacial score (nSPS) is 9.05. The molecule has 1 rings (SSSR count). The van der Waals surface area contributed by atoms with E-state index in [9.17, 15) is 14.9 Å². The standard InChI is InChI=1S/C8H9NO4.C5H10O/c1-12-7-4-3-6(9(10)11)5-8(7)13-2;1-3-5(6)4-2/h3-5H,1-2H3;3-4H2,1-2H3. The number of nitro benzene ring substituents is 1. The number of carbonyl (C=O) groups excluding carboxylic acids is 1. The lowest BCUT2D eigenvalue weighted by atomic mass is 10.3. The molecule has 0 heterocycles. The van der Waals surface area contributed by atoms with Crippen molar-refractivity contribution in [1.82, 2.24) is 0 Å². The Kier molecular flexibility index (Phi) is 7.92. The zero-order valence-corrected chi connectivity index (χ0v) is 11.6. The second-order valence-corrected chi connectivity index (χ2v) is 3.54. The van der Waals surface area contributed by atoms with E-state index in [2.05, 4.69) is 0 Å². The first-order valence-corrected chi connectivity index (χ1v) is 5.88. The van der Waals surface area contributed by atoms with Crippen LogP contribution in [0.3, 0.4) is 0 Å². The molecule has 0 aliphatic carbocycles. The number of non-ortho nitro benzene ring substituents is 1. The molecular weight excluding hydrogens is 250 g/mol. The first-order chi connectivity index (χ1) is 8.99. The molecule has 0 N–H and O–H groups in total. The number of hydrogen-bond acceptors (Lipinski definition) is 5. The van der Waals surface area contributed by atoms with Gasteiger partial charge in [0.2, 0.25) is 0 Å². The van der Waals surface area contributed by atoms with Crippen molar-refractivity contribution in [3.8, 4) is 11.5 Å². The van der Waals surface area contributed by atoms with Crippen molar-refractivity contribution in [2.75, 3.05) is 14.2 Å². The average Bonchev–Trinajstić information content (AvgIpc) is 2.45.